The monoisotopic (exact) mass is 335 g/mol. The Morgan fingerprint density at radius 2 is 2.12 bits per heavy atom. The fraction of sp³-hybridized carbons (Fsp3) is 0.211. The van der Waals surface area contributed by atoms with Crippen LogP contribution >= 0.6 is 0 Å². The number of nitrogens with one attached hydrogen (secondary N) is 1. The summed E-state index contributed by atoms with van der Waals surface area (Å²) in [6, 6.07) is 10.8. The van der Waals surface area contributed by atoms with Gasteiger partial charge < -0.3 is 14.7 Å². The van der Waals surface area contributed by atoms with Crippen LogP contribution < -0.4 is 10.2 Å². The summed E-state index contributed by atoms with van der Waals surface area (Å²) < 4.78 is 4.89. The fourth-order valence-electron chi connectivity index (χ4n) is 3.21. The molecule has 4 rings (SSSR count). The minimum atomic E-state index is -0.370. The third-order valence-corrected chi connectivity index (χ3v) is 4.43. The van der Waals surface area contributed by atoms with Crippen LogP contribution in [0.1, 0.15) is 40.7 Å². The number of hydrogen-bond donors (Lipinski definition) is 1. The van der Waals surface area contributed by atoms with Gasteiger partial charge >= 0.3 is 0 Å². The normalized spacial score (nSPS) is 12.8. The number of carbonyl (C=O) groups is 2. The summed E-state index contributed by atoms with van der Waals surface area (Å²) in [5.74, 6) is -0.206. The predicted molar refractivity (Wildman–Crippen MR) is 95.0 cm³/mol. The van der Waals surface area contributed by atoms with Gasteiger partial charge in [-0.05, 0) is 24.6 Å². The Hall–Kier alpha value is -3.15. The zero-order chi connectivity index (χ0) is 17.4. The molecule has 6 heteroatoms. The Morgan fingerprint density at radius 3 is 2.88 bits per heavy atom. The van der Waals surface area contributed by atoms with E-state index in [0.717, 1.165) is 29.3 Å². The largest absolute Gasteiger partial charge is 0.351 e. The van der Waals surface area contributed by atoms with Gasteiger partial charge in [-0.15, -0.1) is 0 Å². The smallest absolute Gasteiger partial charge is 0.294 e. The van der Waals surface area contributed by atoms with E-state index in [4.69, 9.17) is 4.52 Å². The molecule has 0 atom stereocenters. The van der Waals surface area contributed by atoms with Crippen LogP contribution in [0.25, 0.3) is 10.8 Å². The van der Waals surface area contributed by atoms with Crippen molar-refractivity contribution in [2.75, 3.05) is 16.8 Å². The molecule has 1 aliphatic rings. The Kier molecular flexibility index (Phi) is 3.72. The third kappa shape index (κ3) is 2.46. The Balaban J connectivity index is 1.76. The number of nitrogens with zero attached hydrogens (tertiary/aromatic N) is 2. The van der Waals surface area contributed by atoms with Crippen LogP contribution in [0.15, 0.2) is 47.1 Å². The molecule has 1 aliphatic heterocycles. The SMILES string of the molecule is CCCCN1C(=O)c2cccc3c(NC(=O)c4ccno4)ccc1c23. The van der Waals surface area contributed by atoms with Crippen molar-refractivity contribution in [2.45, 2.75) is 19.8 Å². The summed E-state index contributed by atoms with van der Waals surface area (Å²) in [6.07, 6.45) is 3.40. The second kappa shape index (κ2) is 6.05. The molecule has 2 amide bonds. The summed E-state index contributed by atoms with van der Waals surface area (Å²) in [5.41, 5.74) is 2.23. The van der Waals surface area contributed by atoms with Gasteiger partial charge in [0.2, 0.25) is 5.76 Å². The zero-order valence-corrected chi connectivity index (χ0v) is 13.8. The third-order valence-electron chi connectivity index (χ3n) is 4.43. The first kappa shape index (κ1) is 15.4. The van der Waals surface area contributed by atoms with Gasteiger partial charge in [0.1, 0.15) is 0 Å². The van der Waals surface area contributed by atoms with Crippen molar-refractivity contribution >= 4 is 34.0 Å². The molecule has 0 spiro atoms. The highest BCUT2D eigenvalue weighted by atomic mass is 16.5. The second-order valence-electron chi connectivity index (χ2n) is 6.00. The van der Waals surface area contributed by atoms with Gasteiger partial charge in [-0.25, -0.2) is 0 Å². The molecule has 0 bridgehead atoms. The molecule has 1 aromatic heterocycles. The predicted octanol–water partition coefficient (Wildman–Crippen LogP) is 3.84. The maximum absolute atomic E-state index is 12.7. The molecule has 0 fully saturated rings. The molecule has 6 nitrogen and oxygen atoms in total. The summed E-state index contributed by atoms with van der Waals surface area (Å²) >= 11 is 0. The van der Waals surface area contributed by atoms with Gasteiger partial charge in [-0.3, -0.25) is 9.59 Å². The molecule has 25 heavy (non-hydrogen) atoms. The number of carbonyl (C=O) groups excluding carboxylic acids is 2. The lowest BCUT2D eigenvalue weighted by molar-refractivity contribution is 0.0982. The van der Waals surface area contributed by atoms with Gasteiger partial charge in [0, 0.05) is 34.6 Å². The highest BCUT2D eigenvalue weighted by Gasteiger charge is 2.30. The van der Waals surface area contributed by atoms with Crippen LogP contribution in [0.4, 0.5) is 11.4 Å². The van der Waals surface area contributed by atoms with E-state index in [1.165, 1.54) is 12.3 Å². The van der Waals surface area contributed by atoms with Crippen molar-refractivity contribution in [3.63, 3.8) is 0 Å². The van der Waals surface area contributed by atoms with Crippen molar-refractivity contribution in [2.24, 2.45) is 0 Å². The van der Waals surface area contributed by atoms with E-state index < -0.39 is 0 Å². The number of aromatic nitrogens is 1. The molecule has 0 aliphatic carbocycles. The molecule has 0 saturated heterocycles. The summed E-state index contributed by atoms with van der Waals surface area (Å²) in [7, 11) is 0. The van der Waals surface area contributed by atoms with E-state index in [1.807, 2.05) is 35.2 Å². The van der Waals surface area contributed by atoms with Crippen LogP contribution in [-0.2, 0) is 0 Å². The molecule has 3 aromatic rings. The van der Waals surface area contributed by atoms with Crippen LogP contribution in [0, 0.1) is 0 Å². The lowest BCUT2D eigenvalue weighted by atomic mass is 10.0. The van der Waals surface area contributed by atoms with E-state index in [9.17, 15) is 9.59 Å². The minimum Gasteiger partial charge on any atom is -0.351 e. The van der Waals surface area contributed by atoms with Crippen molar-refractivity contribution in [1.82, 2.24) is 5.16 Å². The van der Waals surface area contributed by atoms with E-state index in [2.05, 4.69) is 17.4 Å². The zero-order valence-electron chi connectivity index (χ0n) is 13.8. The average molecular weight is 335 g/mol. The van der Waals surface area contributed by atoms with Crippen LogP contribution in [0.5, 0.6) is 0 Å². The van der Waals surface area contributed by atoms with Crippen LogP contribution in [0.2, 0.25) is 0 Å². The first-order valence-electron chi connectivity index (χ1n) is 8.30. The number of rotatable bonds is 5. The Bertz CT molecular complexity index is 963. The van der Waals surface area contributed by atoms with Gasteiger partial charge in [0.15, 0.2) is 0 Å². The molecule has 2 aromatic carbocycles. The molecule has 0 unspecified atom stereocenters. The number of unbranched alkanes of at least 4 members (excludes halogenated alkanes) is 1. The topological polar surface area (TPSA) is 75.4 Å². The van der Waals surface area contributed by atoms with Gasteiger partial charge in [0.05, 0.1) is 11.9 Å². The molecule has 0 radical (unpaired) electrons. The van der Waals surface area contributed by atoms with Crippen molar-refractivity contribution < 1.29 is 14.1 Å². The fourth-order valence-corrected chi connectivity index (χ4v) is 3.21. The molecular formula is C19H17N3O3. The standard InChI is InChI=1S/C19H17N3O3/c1-2-3-11-22-15-8-7-14(21-18(23)16-9-10-20-25-16)12-5-4-6-13(17(12)15)19(22)24/h4-10H,2-3,11H2,1H3,(H,21,23). The first-order chi connectivity index (χ1) is 12.2. The lowest BCUT2D eigenvalue weighted by Gasteiger charge is -2.17. The van der Waals surface area contributed by atoms with Gasteiger partial charge in [-0.2, -0.15) is 0 Å². The van der Waals surface area contributed by atoms with Crippen molar-refractivity contribution in [1.29, 1.82) is 0 Å². The van der Waals surface area contributed by atoms with Gasteiger partial charge in [0.25, 0.3) is 11.8 Å². The number of amides is 2. The summed E-state index contributed by atoms with van der Waals surface area (Å²) in [4.78, 5) is 26.8. The first-order valence-corrected chi connectivity index (χ1v) is 8.30. The highest BCUT2D eigenvalue weighted by Crippen LogP contribution is 2.40. The van der Waals surface area contributed by atoms with Crippen LogP contribution in [-0.4, -0.2) is 23.5 Å². The van der Waals surface area contributed by atoms with E-state index in [-0.39, 0.29) is 17.6 Å². The molecule has 126 valence electrons. The minimum absolute atomic E-state index is 0.0211. The molecular weight excluding hydrogens is 318 g/mol. The highest BCUT2D eigenvalue weighted by molar-refractivity contribution is 6.27. The molecule has 0 saturated carbocycles. The van der Waals surface area contributed by atoms with E-state index in [1.54, 1.807) is 0 Å². The number of benzene rings is 2. The van der Waals surface area contributed by atoms with Crippen LogP contribution in [0.3, 0.4) is 0 Å². The second-order valence-corrected chi connectivity index (χ2v) is 6.00. The number of hydrogen-bond acceptors (Lipinski definition) is 4. The van der Waals surface area contributed by atoms with E-state index >= 15 is 0 Å². The molecule has 1 N–H and O–H groups in total. The quantitative estimate of drug-likeness (QED) is 0.768. The Morgan fingerprint density at radius 1 is 1.24 bits per heavy atom. The summed E-state index contributed by atoms with van der Waals surface area (Å²) in [6.45, 7) is 2.80. The van der Waals surface area contributed by atoms with E-state index in [0.29, 0.717) is 17.8 Å². The van der Waals surface area contributed by atoms with Crippen molar-refractivity contribution in [3.8, 4) is 0 Å². The Labute approximate surface area is 144 Å². The number of anilines is 2. The van der Waals surface area contributed by atoms with Crippen molar-refractivity contribution in [3.05, 3.63) is 53.9 Å². The summed E-state index contributed by atoms with van der Waals surface area (Å²) in [5, 5.41) is 8.12. The maximum Gasteiger partial charge on any atom is 0.294 e. The molecule has 2 heterocycles. The lowest BCUT2D eigenvalue weighted by Crippen LogP contribution is -2.27. The maximum atomic E-state index is 12.7. The average Bonchev–Trinajstić information content (AvgIpc) is 3.25. The van der Waals surface area contributed by atoms with Gasteiger partial charge in [-0.1, -0.05) is 30.6 Å².